The highest BCUT2D eigenvalue weighted by molar-refractivity contribution is 5.66. The molecule has 0 aromatic carbocycles. The summed E-state index contributed by atoms with van der Waals surface area (Å²) in [5.41, 5.74) is 0. The third-order valence-corrected chi connectivity index (χ3v) is 1.43. The van der Waals surface area contributed by atoms with Gasteiger partial charge in [0.1, 0.15) is 6.61 Å². The lowest BCUT2D eigenvalue weighted by Crippen LogP contribution is -2.29. The lowest BCUT2D eigenvalue weighted by molar-refractivity contribution is 0.0586. The zero-order valence-corrected chi connectivity index (χ0v) is 8.23. The minimum atomic E-state index is -0.594. The van der Waals surface area contributed by atoms with Gasteiger partial charge in [0.15, 0.2) is 0 Å². The molecule has 0 saturated carbocycles. The van der Waals surface area contributed by atoms with E-state index >= 15 is 0 Å². The second kappa shape index (κ2) is 8.74. The first-order valence-corrected chi connectivity index (χ1v) is 4.39. The van der Waals surface area contributed by atoms with Crippen molar-refractivity contribution in [2.45, 2.75) is 12.5 Å². The van der Waals surface area contributed by atoms with E-state index in [-0.39, 0.29) is 19.8 Å². The number of rotatable bonds is 7. The van der Waals surface area contributed by atoms with E-state index in [1.54, 1.807) is 0 Å². The van der Waals surface area contributed by atoms with Crippen molar-refractivity contribution in [3.05, 3.63) is 0 Å². The van der Waals surface area contributed by atoms with E-state index in [1.165, 1.54) is 7.11 Å². The third-order valence-electron chi connectivity index (χ3n) is 1.43. The van der Waals surface area contributed by atoms with Gasteiger partial charge in [0.05, 0.1) is 19.3 Å². The molecular weight excluding hydrogens is 190 g/mol. The molecule has 1 unspecified atom stereocenters. The van der Waals surface area contributed by atoms with Crippen molar-refractivity contribution >= 4 is 6.09 Å². The zero-order valence-electron chi connectivity index (χ0n) is 8.23. The Kier molecular flexibility index (Phi) is 8.20. The van der Waals surface area contributed by atoms with Crippen molar-refractivity contribution in [1.29, 1.82) is 0 Å². The van der Waals surface area contributed by atoms with Crippen LogP contribution in [-0.2, 0) is 9.47 Å². The monoisotopic (exact) mass is 207 g/mol. The van der Waals surface area contributed by atoms with E-state index < -0.39 is 12.2 Å². The van der Waals surface area contributed by atoms with Gasteiger partial charge in [-0.25, -0.2) is 4.79 Å². The Morgan fingerprint density at radius 3 is 2.86 bits per heavy atom. The molecule has 0 spiro atoms. The number of methoxy groups -OCH3 is 1. The molecule has 1 atom stereocenters. The van der Waals surface area contributed by atoms with Gasteiger partial charge >= 0.3 is 6.09 Å². The zero-order chi connectivity index (χ0) is 10.8. The summed E-state index contributed by atoms with van der Waals surface area (Å²) < 4.78 is 9.22. The summed E-state index contributed by atoms with van der Waals surface area (Å²) in [7, 11) is 1.49. The molecule has 6 heteroatoms. The first kappa shape index (κ1) is 13.2. The van der Waals surface area contributed by atoms with Crippen LogP contribution < -0.4 is 5.32 Å². The van der Waals surface area contributed by atoms with Crippen molar-refractivity contribution < 1.29 is 24.5 Å². The number of nitrogens with one attached hydrogen (secondary N) is 1. The molecule has 0 aromatic rings. The van der Waals surface area contributed by atoms with E-state index in [0.29, 0.717) is 13.0 Å². The van der Waals surface area contributed by atoms with Gasteiger partial charge in [-0.2, -0.15) is 0 Å². The molecule has 0 fully saturated rings. The summed E-state index contributed by atoms with van der Waals surface area (Å²) in [5, 5.41) is 19.9. The normalized spacial score (nSPS) is 12.2. The Bertz CT molecular complexity index is 153. The Morgan fingerprint density at radius 1 is 1.57 bits per heavy atom. The van der Waals surface area contributed by atoms with E-state index in [1.807, 2.05) is 0 Å². The van der Waals surface area contributed by atoms with E-state index in [2.05, 4.69) is 10.1 Å². The van der Waals surface area contributed by atoms with Crippen LogP contribution in [0.5, 0.6) is 0 Å². The molecule has 0 rings (SSSR count). The van der Waals surface area contributed by atoms with E-state index in [9.17, 15) is 9.90 Å². The number of ether oxygens (including phenoxy) is 2. The van der Waals surface area contributed by atoms with Crippen LogP contribution in [0.3, 0.4) is 0 Å². The van der Waals surface area contributed by atoms with Crippen LogP contribution in [0.1, 0.15) is 6.42 Å². The number of carbonyl (C=O) groups excluding carboxylic acids is 1. The van der Waals surface area contributed by atoms with Gasteiger partial charge in [0.2, 0.25) is 0 Å². The molecule has 14 heavy (non-hydrogen) atoms. The number of carbonyl (C=O) groups is 1. The number of alkyl carbamates (subject to hydrolysis) is 1. The SMILES string of the molecule is COCC(O)CCNC(=O)OCCO. The highest BCUT2D eigenvalue weighted by atomic mass is 16.6. The molecule has 6 nitrogen and oxygen atoms in total. The van der Waals surface area contributed by atoms with Crippen molar-refractivity contribution in [3.8, 4) is 0 Å². The molecule has 3 N–H and O–H groups in total. The lowest BCUT2D eigenvalue weighted by atomic mass is 10.3. The number of aliphatic hydroxyl groups is 2. The summed E-state index contributed by atoms with van der Waals surface area (Å²) in [6.45, 7) is 0.342. The van der Waals surface area contributed by atoms with Gasteiger partial charge in [0, 0.05) is 13.7 Å². The number of hydrogen-bond donors (Lipinski definition) is 3. The first-order valence-electron chi connectivity index (χ1n) is 4.39. The van der Waals surface area contributed by atoms with Crippen LogP contribution in [0.25, 0.3) is 0 Å². The van der Waals surface area contributed by atoms with Gasteiger partial charge < -0.3 is 25.0 Å². The maximum absolute atomic E-state index is 10.8. The first-order chi connectivity index (χ1) is 6.70. The third kappa shape index (κ3) is 7.78. The standard InChI is InChI=1S/C8H17NO5/c1-13-6-7(11)2-3-9-8(12)14-5-4-10/h7,10-11H,2-6H2,1H3,(H,9,12). The fourth-order valence-corrected chi connectivity index (χ4v) is 0.806. The molecule has 0 aliphatic heterocycles. The molecule has 0 aromatic heterocycles. The van der Waals surface area contributed by atoms with Gasteiger partial charge in [-0.15, -0.1) is 0 Å². The Morgan fingerprint density at radius 2 is 2.29 bits per heavy atom. The van der Waals surface area contributed by atoms with Crippen molar-refractivity contribution in [1.82, 2.24) is 5.32 Å². The molecule has 84 valence electrons. The minimum Gasteiger partial charge on any atom is -0.447 e. The summed E-state index contributed by atoms with van der Waals surface area (Å²) >= 11 is 0. The number of hydrogen-bond acceptors (Lipinski definition) is 5. The molecule has 0 saturated heterocycles. The van der Waals surface area contributed by atoms with Crippen molar-refractivity contribution in [2.24, 2.45) is 0 Å². The van der Waals surface area contributed by atoms with Crippen LogP contribution in [-0.4, -0.2) is 55.9 Å². The predicted octanol–water partition coefficient (Wildman–Crippen LogP) is -0.898. The van der Waals surface area contributed by atoms with Crippen LogP contribution in [0, 0.1) is 0 Å². The number of aliphatic hydroxyl groups excluding tert-OH is 2. The maximum Gasteiger partial charge on any atom is 0.407 e. The van der Waals surface area contributed by atoms with Gasteiger partial charge in [-0.3, -0.25) is 0 Å². The second-order valence-electron chi connectivity index (χ2n) is 2.68. The molecule has 0 aliphatic carbocycles. The lowest BCUT2D eigenvalue weighted by Gasteiger charge is -2.09. The molecule has 0 heterocycles. The molecule has 1 amide bonds. The van der Waals surface area contributed by atoms with Gasteiger partial charge in [0.25, 0.3) is 0 Å². The predicted molar refractivity (Wildman–Crippen MR) is 48.9 cm³/mol. The molecule has 0 aliphatic rings. The highest BCUT2D eigenvalue weighted by Gasteiger charge is 2.05. The maximum atomic E-state index is 10.8. The summed E-state index contributed by atoms with van der Waals surface area (Å²) in [5.74, 6) is 0. The Hall–Kier alpha value is -0.850. The summed E-state index contributed by atoms with van der Waals surface area (Å²) in [6, 6.07) is 0. The molecule has 0 radical (unpaired) electrons. The van der Waals surface area contributed by atoms with Crippen LogP contribution in [0.4, 0.5) is 4.79 Å². The van der Waals surface area contributed by atoms with E-state index in [4.69, 9.17) is 9.84 Å². The topological polar surface area (TPSA) is 88.0 Å². The summed E-state index contributed by atoms with van der Waals surface area (Å²) in [6.07, 6.45) is -0.774. The second-order valence-corrected chi connectivity index (χ2v) is 2.68. The highest BCUT2D eigenvalue weighted by Crippen LogP contribution is 1.90. The van der Waals surface area contributed by atoms with Crippen molar-refractivity contribution in [3.63, 3.8) is 0 Å². The van der Waals surface area contributed by atoms with E-state index in [0.717, 1.165) is 0 Å². The number of amides is 1. The van der Waals surface area contributed by atoms with Crippen LogP contribution in [0.2, 0.25) is 0 Å². The smallest absolute Gasteiger partial charge is 0.407 e. The Balaban J connectivity index is 3.30. The average molecular weight is 207 g/mol. The fourth-order valence-electron chi connectivity index (χ4n) is 0.806. The van der Waals surface area contributed by atoms with Crippen LogP contribution in [0.15, 0.2) is 0 Å². The van der Waals surface area contributed by atoms with Crippen molar-refractivity contribution in [2.75, 3.05) is 33.5 Å². The largest absolute Gasteiger partial charge is 0.447 e. The summed E-state index contributed by atoms with van der Waals surface area (Å²) in [4.78, 5) is 10.8. The van der Waals surface area contributed by atoms with Gasteiger partial charge in [-0.05, 0) is 6.42 Å². The van der Waals surface area contributed by atoms with Crippen LogP contribution >= 0.6 is 0 Å². The molecule has 0 bridgehead atoms. The fraction of sp³-hybridized carbons (Fsp3) is 0.875. The average Bonchev–Trinajstić information content (AvgIpc) is 2.15. The quantitative estimate of drug-likeness (QED) is 0.503. The minimum absolute atomic E-state index is 0.0214. The molecular formula is C8H17NO5. The Labute approximate surface area is 82.8 Å². The van der Waals surface area contributed by atoms with Gasteiger partial charge in [-0.1, -0.05) is 0 Å².